The monoisotopic (exact) mass is 260 g/mol. The first kappa shape index (κ1) is 11.1. The molecule has 1 aromatic heterocycles. The quantitative estimate of drug-likeness (QED) is 0.785. The summed E-state index contributed by atoms with van der Waals surface area (Å²) in [7, 11) is -2.94. The zero-order valence-electron chi connectivity index (χ0n) is 8.17. The third kappa shape index (κ3) is 1.82. The standard InChI is InChI=1S/C8H8N2O4S2/c1-14-4-2-5-7(10-8(9)15-5)6(3-4)16(11,12)13/h2-3H,1H3,(H2,9,10)(H,11,12,13). The minimum absolute atomic E-state index is 0.158. The van der Waals surface area contributed by atoms with Crippen LogP contribution in [-0.2, 0) is 10.1 Å². The number of aromatic nitrogens is 1. The number of benzene rings is 1. The molecule has 0 radical (unpaired) electrons. The number of hydrogen-bond acceptors (Lipinski definition) is 6. The van der Waals surface area contributed by atoms with Crippen LogP contribution >= 0.6 is 11.3 Å². The predicted molar refractivity (Wildman–Crippen MR) is 60.4 cm³/mol. The van der Waals surface area contributed by atoms with Crippen LogP contribution in [0, 0.1) is 0 Å². The van der Waals surface area contributed by atoms with Crippen molar-refractivity contribution in [3.05, 3.63) is 12.1 Å². The number of rotatable bonds is 2. The summed E-state index contributed by atoms with van der Waals surface area (Å²) < 4.78 is 36.8. The van der Waals surface area contributed by atoms with Crippen LogP contribution in [0.15, 0.2) is 17.0 Å². The second-order valence-electron chi connectivity index (χ2n) is 3.00. The summed E-state index contributed by atoms with van der Waals surface area (Å²) in [6.07, 6.45) is 0. The topological polar surface area (TPSA) is 103 Å². The molecule has 0 unspecified atom stereocenters. The van der Waals surface area contributed by atoms with Gasteiger partial charge in [-0.3, -0.25) is 4.55 Å². The van der Waals surface area contributed by atoms with Crippen LogP contribution in [0.1, 0.15) is 0 Å². The molecule has 0 atom stereocenters. The first-order valence-corrected chi connectivity index (χ1v) is 6.39. The minimum Gasteiger partial charge on any atom is -0.497 e. The number of anilines is 1. The lowest BCUT2D eigenvalue weighted by atomic mass is 10.3. The van der Waals surface area contributed by atoms with Gasteiger partial charge in [-0.05, 0) is 6.07 Å². The summed E-state index contributed by atoms with van der Waals surface area (Å²) in [5, 5.41) is 0.230. The van der Waals surface area contributed by atoms with Crippen molar-refractivity contribution in [2.24, 2.45) is 0 Å². The van der Waals surface area contributed by atoms with E-state index in [1.165, 1.54) is 13.2 Å². The van der Waals surface area contributed by atoms with Gasteiger partial charge in [0.15, 0.2) is 5.13 Å². The summed E-state index contributed by atoms with van der Waals surface area (Å²) in [5.74, 6) is 0.323. The third-order valence-electron chi connectivity index (χ3n) is 1.96. The van der Waals surface area contributed by atoms with E-state index in [2.05, 4.69) is 4.98 Å². The molecule has 3 N–H and O–H groups in total. The Labute approximate surface area is 95.4 Å². The molecule has 0 aliphatic rings. The van der Waals surface area contributed by atoms with Gasteiger partial charge >= 0.3 is 0 Å². The van der Waals surface area contributed by atoms with E-state index in [-0.39, 0.29) is 15.5 Å². The lowest BCUT2D eigenvalue weighted by Gasteiger charge is -2.02. The normalized spacial score (nSPS) is 11.9. The fraction of sp³-hybridized carbons (Fsp3) is 0.125. The zero-order chi connectivity index (χ0) is 11.9. The number of fused-ring (bicyclic) bond motifs is 1. The molecule has 0 amide bonds. The second kappa shape index (κ2) is 3.58. The lowest BCUT2D eigenvalue weighted by molar-refractivity contribution is 0.413. The number of hydrogen-bond donors (Lipinski definition) is 2. The summed E-state index contributed by atoms with van der Waals surface area (Å²) in [6, 6.07) is 2.81. The van der Waals surface area contributed by atoms with Crippen molar-refractivity contribution in [2.75, 3.05) is 12.8 Å². The fourth-order valence-electron chi connectivity index (χ4n) is 1.31. The maximum atomic E-state index is 11.1. The van der Waals surface area contributed by atoms with Crippen LogP contribution in [-0.4, -0.2) is 25.1 Å². The Morgan fingerprint density at radius 3 is 2.75 bits per heavy atom. The van der Waals surface area contributed by atoms with E-state index in [1.807, 2.05) is 0 Å². The number of nitrogen functional groups attached to an aromatic ring is 1. The molecule has 6 nitrogen and oxygen atoms in total. The van der Waals surface area contributed by atoms with E-state index in [4.69, 9.17) is 15.0 Å². The van der Waals surface area contributed by atoms with Crippen molar-refractivity contribution in [1.82, 2.24) is 4.98 Å². The molecule has 0 saturated heterocycles. The van der Waals surface area contributed by atoms with Crippen molar-refractivity contribution >= 4 is 36.8 Å². The van der Waals surface area contributed by atoms with Gasteiger partial charge in [0.1, 0.15) is 16.2 Å². The largest absolute Gasteiger partial charge is 0.497 e. The van der Waals surface area contributed by atoms with Crippen molar-refractivity contribution in [3.63, 3.8) is 0 Å². The van der Waals surface area contributed by atoms with E-state index in [0.717, 1.165) is 11.3 Å². The van der Waals surface area contributed by atoms with Crippen LogP contribution in [0.2, 0.25) is 0 Å². The SMILES string of the molecule is COc1cc(S(=O)(=O)O)c2nc(N)sc2c1. The van der Waals surface area contributed by atoms with E-state index in [9.17, 15) is 8.42 Å². The number of methoxy groups -OCH3 is 1. The van der Waals surface area contributed by atoms with Crippen LogP contribution < -0.4 is 10.5 Å². The molecule has 0 aliphatic heterocycles. The van der Waals surface area contributed by atoms with Gasteiger partial charge < -0.3 is 10.5 Å². The van der Waals surface area contributed by atoms with Gasteiger partial charge in [-0.15, -0.1) is 0 Å². The lowest BCUT2D eigenvalue weighted by Crippen LogP contribution is -2.00. The highest BCUT2D eigenvalue weighted by atomic mass is 32.2. The highest BCUT2D eigenvalue weighted by Gasteiger charge is 2.19. The van der Waals surface area contributed by atoms with Crippen LogP contribution in [0.4, 0.5) is 5.13 Å². The molecule has 2 rings (SSSR count). The average Bonchev–Trinajstić information content (AvgIpc) is 2.54. The maximum Gasteiger partial charge on any atom is 0.296 e. The Bertz CT molecular complexity index is 647. The van der Waals surface area contributed by atoms with Gasteiger partial charge in [0, 0.05) is 6.07 Å². The molecule has 86 valence electrons. The zero-order valence-corrected chi connectivity index (χ0v) is 9.80. The van der Waals surface area contributed by atoms with Crippen molar-refractivity contribution in [2.45, 2.75) is 4.90 Å². The molecule has 0 bridgehead atoms. The molecule has 0 spiro atoms. The van der Waals surface area contributed by atoms with Crippen molar-refractivity contribution < 1.29 is 17.7 Å². The smallest absolute Gasteiger partial charge is 0.296 e. The van der Waals surface area contributed by atoms with Gasteiger partial charge in [0.25, 0.3) is 10.1 Å². The van der Waals surface area contributed by atoms with E-state index in [0.29, 0.717) is 10.4 Å². The van der Waals surface area contributed by atoms with Crippen LogP contribution in [0.25, 0.3) is 10.2 Å². The summed E-state index contributed by atoms with van der Waals surface area (Å²) >= 11 is 1.12. The summed E-state index contributed by atoms with van der Waals surface area (Å²) in [5.41, 5.74) is 5.64. The first-order valence-electron chi connectivity index (χ1n) is 4.13. The molecular weight excluding hydrogens is 252 g/mol. The predicted octanol–water partition coefficient (Wildman–Crippen LogP) is 1.13. The van der Waals surface area contributed by atoms with Gasteiger partial charge in [-0.25, -0.2) is 4.98 Å². The number of nitrogens with two attached hydrogens (primary N) is 1. The summed E-state index contributed by atoms with van der Waals surface area (Å²) in [6.45, 7) is 0. The molecule has 16 heavy (non-hydrogen) atoms. The Balaban J connectivity index is 2.89. The Morgan fingerprint density at radius 1 is 1.50 bits per heavy atom. The Kier molecular flexibility index (Phi) is 2.49. The highest BCUT2D eigenvalue weighted by molar-refractivity contribution is 7.86. The summed E-state index contributed by atoms with van der Waals surface area (Å²) in [4.78, 5) is 3.56. The fourth-order valence-corrected chi connectivity index (χ4v) is 2.83. The first-order chi connectivity index (χ1) is 7.41. The molecule has 8 heteroatoms. The second-order valence-corrected chi connectivity index (χ2v) is 5.45. The van der Waals surface area contributed by atoms with Gasteiger partial charge in [-0.2, -0.15) is 8.42 Å². The van der Waals surface area contributed by atoms with Crippen LogP contribution in [0.3, 0.4) is 0 Å². The molecule has 0 aliphatic carbocycles. The van der Waals surface area contributed by atoms with Crippen LogP contribution in [0.5, 0.6) is 5.75 Å². The van der Waals surface area contributed by atoms with E-state index in [1.54, 1.807) is 6.07 Å². The maximum absolute atomic E-state index is 11.1. The minimum atomic E-state index is -4.34. The van der Waals surface area contributed by atoms with E-state index < -0.39 is 10.1 Å². The van der Waals surface area contributed by atoms with E-state index >= 15 is 0 Å². The highest BCUT2D eigenvalue weighted by Crippen LogP contribution is 2.32. The Morgan fingerprint density at radius 2 is 2.19 bits per heavy atom. The van der Waals surface area contributed by atoms with Gasteiger partial charge in [-0.1, -0.05) is 11.3 Å². The number of ether oxygens (including phenoxy) is 1. The third-order valence-corrected chi connectivity index (χ3v) is 3.66. The molecular formula is C8H8N2O4S2. The molecule has 0 saturated carbocycles. The molecule has 2 aromatic rings. The van der Waals surface area contributed by atoms with Gasteiger partial charge in [0.05, 0.1) is 11.8 Å². The number of nitrogens with zero attached hydrogens (tertiary/aromatic N) is 1. The molecule has 1 aromatic carbocycles. The van der Waals surface area contributed by atoms with Gasteiger partial charge in [0.2, 0.25) is 0 Å². The Hall–Kier alpha value is -1.38. The molecule has 1 heterocycles. The average molecular weight is 260 g/mol. The van der Waals surface area contributed by atoms with Crippen molar-refractivity contribution in [3.8, 4) is 5.75 Å². The van der Waals surface area contributed by atoms with Crippen molar-refractivity contribution in [1.29, 1.82) is 0 Å². The number of thiazole rings is 1. The molecule has 0 fully saturated rings.